The number of likely N-dealkylation sites (N-methyl/N-ethyl adjacent to an activating group) is 1. The van der Waals surface area contributed by atoms with Crippen LogP contribution in [0.1, 0.15) is 5.56 Å². The molecule has 0 unspecified atom stereocenters. The maximum atomic E-state index is 2.28. The lowest BCUT2D eigenvalue weighted by atomic mass is 10.2. The Labute approximate surface area is 132 Å². The summed E-state index contributed by atoms with van der Waals surface area (Å²) in [5, 5.41) is 0. The largest absolute Gasteiger partial charge is 0.306 e. The summed E-state index contributed by atoms with van der Waals surface area (Å²) in [7, 11) is 4.18. The summed E-state index contributed by atoms with van der Waals surface area (Å²) >= 11 is 1.82. The SMILES string of the molecule is CN(C)CC=C(Sc1ccccc1)c1ccccc1.Cl. The average molecular weight is 306 g/mol. The van der Waals surface area contributed by atoms with Gasteiger partial charge in [0.1, 0.15) is 0 Å². The molecule has 2 aromatic carbocycles. The van der Waals surface area contributed by atoms with E-state index in [-0.39, 0.29) is 12.4 Å². The molecule has 0 saturated carbocycles. The third kappa shape index (κ3) is 5.41. The Hall–Kier alpha value is -1.22. The van der Waals surface area contributed by atoms with Crippen molar-refractivity contribution in [2.45, 2.75) is 4.90 Å². The van der Waals surface area contributed by atoms with Gasteiger partial charge in [-0.15, -0.1) is 12.4 Å². The summed E-state index contributed by atoms with van der Waals surface area (Å²) in [5.41, 5.74) is 1.28. The van der Waals surface area contributed by atoms with Crippen LogP contribution in [0, 0.1) is 0 Å². The number of halogens is 1. The van der Waals surface area contributed by atoms with E-state index in [0.717, 1.165) is 6.54 Å². The van der Waals surface area contributed by atoms with Crippen LogP contribution in [-0.4, -0.2) is 25.5 Å². The van der Waals surface area contributed by atoms with Crippen molar-refractivity contribution in [3.8, 4) is 0 Å². The molecular weight excluding hydrogens is 286 g/mol. The van der Waals surface area contributed by atoms with Crippen LogP contribution in [-0.2, 0) is 0 Å². The molecule has 0 heterocycles. The molecule has 0 N–H and O–H groups in total. The molecule has 0 fully saturated rings. The maximum absolute atomic E-state index is 2.28. The highest BCUT2D eigenvalue weighted by Gasteiger charge is 2.03. The highest BCUT2D eigenvalue weighted by atomic mass is 35.5. The van der Waals surface area contributed by atoms with Crippen LogP contribution in [0.5, 0.6) is 0 Å². The standard InChI is InChI=1S/C17H19NS.ClH/c1-18(2)14-13-17(15-9-5-3-6-10-15)19-16-11-7-4-8-12-16;/h3-13H,14H2,1-2H3;1H. The van der Waals surface area contributed by atoms with Crippen molar-refractivity contribution in [2.24, 2.45) is 0 Å². The van der Waals surface area contributed by atoms with E-state index < -0.39 is 0 Å². The molecule has 0 saturated heterocycles. The van der Waals surface area contributed by atoms with Crippen molar-refractivity contribution in [1.29, 1.82) is 0 Å². The Kier molecular flexibility index (Phi) is 7.45. The van der Waals surface area contributed by atoms with E-state index >= 15 is 0 Å². The first-order valence-corrected chi connectivity index (χ1v) is 7.20. The van der Waals surface area contributed by atoms with Gasteiger partial charge in [0.15, 0.2) is 0 Å². The molecule has 1 nitrogen and oxygen atoms in total. The molecule has 3 heteroatoms. The van der Waals surface area contributed by atoms with Crippen molar-refractivity contribution >= 4 is 29.1 Å². The molecule has 0 aliphatic heterocycles. The first kappa shape index (κ1) is 16.8. The van der Waals surface area contributed by atoms with E-state index in [9.17, 15) is 0 Å². The van der Waals surface area contributed by atoms with Crippen LogP contribution >= 0.6 is 24.2 Å². The Morgan fingerprint density at radius 3 is 2.05 bits per heavy atom. The van der Waals surface area contributed by atoms with Gasteiger partial charge in [-0.1, -0.05) is 66.4 Å². The summed E-state index contributed by atoms with van der Waals surface area (Å²) < 4.78 is 0. The smallest absolute Gasteiger partial charge is 0.0171 e. The predicted octanol–water partition coefficient (Wildman–Crippen LogP) is 4.80. The quantitative estimate of drug-likeness (QED) is 0.730. The highest BCUT2D eigenvalue weighted by molar-refractivity contribution is 8.08. The van der Waals surface area contributed by atoms with E-state index in [1.807, 2.05) is 11.8 Å². The molecule has 0 spiro atoms. The lowest BCUT2D eigenvalue weighted by Crippen LogP contribution is -2.10. The van der Waals surface area contributed by atoms with E-state index in [4.69, 9.17) is 0 Å². The van der Waals surface area contributed by atoms with Crippen LogP contribution in [0.2, 0.25) is 0 Å². The van der Waals surface area contributed by atoms with Gasteiger partial charge in [0, 0.05) is 16.3 Å². The van der Waals surface area contributed by atoms with E-state index in [1.54, 1.807) is 0 Å². The van der Waals surface area contributed by atoms with Crippen molar-refractivity contribution < 1.29 is 0 Å². The van der Waals surface area contributed by atoms with Gasteiger partial charge >= 0.3 is 0 Å². The Balaban J connectivity index is 0.00000200. The Bertz CT molecular complexity index is 523. The van der Waals surface area contributed by atoms with Gasteiger partial charge in [-0.25, -0.2) is 0 Å². The number of thioether (sulfide) groups is 1. The number of nitrogens with zero attached hydrogens (tertiary/aromatic N) is 1. The van der Waals surface area contributed by atoms with Crippen molar-refractivity contribution in [1.82, 2.24) is 4.90 Å². The topological polar surface area (TPSA) is 3.24 Å². The highest BCUT2D eigenvalue weighted by Crippen LogP contribution is 2.33. The lowest BCUT2D eigenvalue weighted by Gasteiger charge is -2.10. The Morgan fingerprint density at radius 2 is 1.50 bits per heavy atom. The second-order valence-corrected chi connectivity index (χ2v) is 5.73. The second kappa shape index (κ2) is 8.85. The van der Waals surface area contributed by atoms with Crippen LogP contribution in [0.25, 0.3) is 4.91 Å². The fourth-order valence-corrected chi connectivity index (χ4v) is 2.66. The molecule has 0 amide bonds. The molecule has 20 heavy (non-hydrogen) atoms. The Morgan fingerprint density at radius 1 is 0.950 bits per heavy atom. The fourth-order valence-electron chi connectivity index (χ4n) is 1.70. The van der Waals surface area contributed by atoms with Gasteiger partial charge in [-0.2, -0.15) is 0 Å². The second-order valence-electron chi connectivity index (χ2n) is 4.61. The summed E-state index contributed by atoms with van der Waals surface area (Å²) in [6, 6.07) is 21.1. The molecule has 0 bridgehead atoms. The number of rotatable bonds is 5. The van der Waals surface area contributed by atoms with Crippen molar-refractivity contribution in [2.75, 3.05) is 20.6 Å². The summed E-state index contributed by atoms with van der Waals surface area (Å²) in [6.45, 7) is 0.948. The van der Waals surface area contributed by atoms with Gasteiger partial charge in [-0.3, -0.25) is 0 Å². The van der Waals surface area contributed by atoms with Crippen LogP contribution < -0.4 is 0 Å². The molecule has 0 radical (unpaired) electrons. The monoisotopic (exact) mass is 305 g/mol. The summed E-state index contributed by atoms with van der Waals surface area (Å²) in [4.78, 5) is 4.76. The third-order valence-corrected chi connectivity index (χ3v) is 3.80. The number of hydrogen-bond acceptors (Lipinski definition) is 2. The minimum atomic E-state index is 0. The zero-order valence-electron chi connectivity index (χ0n) is 11.8. The van der Waals surface area contributed by atoms with Crippen molar-refractivity contribution in [3.63, 3.8) is 0 Å². The fraction of sp³-hybridized carbons (Fsp3) is 0.176. The molecule has 2 rings (SSSR count). The van der Waals surface area contributed by atoms with E-state index in [1.165, 1.54) is 15.4 Å². The summed E-state index contributed by atoms with van der Waals surface area (Å²) in [6.07, 6.45) is 2.28. The van der Waals surface area contributed by atoms with Gasteiger partial charge < -0.3 is 4.90 Å². The van der Waals surface area contributed by atoms with E-state index in [2.05, 4.69) is 85.7 Å². The lowest BCUT2D eigenvalue weighted by molar-refractivity contribution is 0.457. The normalized spacial score (nSPS) is 11.2. The first-order chi connectivity index (χ1) is 9.25. The van der Waals surface area contributed by atoms with Crippen molar-refractivity contribution in [3.05, 3.63) is 72.3 Å². The molecule has 106 valence electrons. The van der Waals surface area contributed by atoms with Gasteiger partial charge in [0.2, 0.25) is 0 Å². The van der Waals surface area contributed by atoms with Gasteiger partial charge in [0.05, 0.1) is 0 Å². The summed E-state index contributed by atoms with van der Waals surface area (Å²) in [5.74, 6) is 0. The van der Waals surface area contributed by atoms with Gasteiger partial charge in [-0.05, 0) is 31.8 Å². The molecule has 0 aliphatic carbocycles. The van der Waals surface area contributed by atoms with Crippen LogP contribution in [0.15, 0.2) is 71.6 Å². The number of benzene rings is 2. The molecule has 0 aromatic heterocycles. The van der Waals surface area contributed by atoms with Gasteiger partial charge in [0.25, 0.3) is 0 Å². The first-order valence-electron chi connectivity index (χ1n) is 6.39. The zero-order valence-corrected chi connectivity index (χ0v) is 13.5. The zero-order chi connectivity index (χ0) is 13.5. The van der Waals surface area contributed by atoms with Crippen LogP contribution in [0.4, 0.5) is 0 Å². The van der Waals surface area contributed by atoms with E-state index in [0.29, 0.717) is 0 Å². The maximum Gasteiger partial charge on any atom is 0.0171 e. The molecule has 0 atom stereocenters. The minimum Gasteiger partial charge on any atom is -0.306 e. The number of hydrogen-bond donors (Lipinski definition) is 0. The minimum absolute atomic E-state index is 0. The predicted molar refractivity (Wildman–Crippen MR) is 92.5 cm³/mol. The van der Waals surface area contributed by atoms with Crippen LogP contribution in [0.3, 0.4) is 0 Å². The average Bonchev–Trinajstić information content (AvgIpc) is 2.45. The molecule has 2 aromatic rings. The molecular formula is C17H20ClNS. The molecule has 0 aliphatic rings. The third-order valence-electron chi connectivity index (χ3n) is 2.67.